The van der Waals surface area contributed by atoms with Gasteiger partial charge in [-0.15, -0.1) is 0 Å². The molecule has 4 rings (SSSR count). The van der Waals surface area contributed by atoms with Gasteiger partial charge in [0.25, 0.3) is 5.91 Å². The smallest absolute Gasteiger partial charge is 0.410 e. The summed E-state index contributed by atoms with van der Waals surface area (Å²) in [6, 6.07) is 5.48. The lowest BCUT2D eigenvalue weighted by Crippen LogP contribution is -2.43. The second kappa shape index (κ2) is 10.1. The topological polar surface area (TPSA) is 102 Å². The number of aromatic nitrogens is 3. The zero-order valence-electron chi connectivity index (χ0n) is 21.2. The Morgan fingerprint density at radius 3 is 2.80 bits per heavy atom. The number of likely N-dealkylation sites (tertiary alicyclic amines) is 1. The summed E-state index contributed by atoms with van der Waals surface area (Å²) in [4.78, 5) is 32.2. The molecule has 3 aromatic heterocycles. The van der Waals surface area contributed by atoms with E-state index in [2.05, 4.69) is 10.4 Å². The molecule has 9 nitrogen and oxygen atoms in total. The van der Waals surface area contributed by atoms with Crippen molar-refractivity contribution in [1.29, 1.82) is 0 Å². The molecule has 0 aromatic carbocycles. The number of fused-ring (bicyclic) bond motifs is 1. The maximum absolute atomic E-state index is 13.2. The summed E-state index contributed by atoms with van der Waals surface area (Å²) < 4.78 is 12.9. The minimum Gasteiger partial charge on any atom is -0.463 e. The lowest BCUT2D eigenvalue weighted by atomic mass is 9.95. The van der Waals surface area contributed by atoms with E-state index in [1.54, 1.807) is 29.5 Å². The van der Waals surface area contributed by atoms with Crippen molar-refractivity contribution in [3.8, 4) is 11.5 Å². The number of hydrogen-bond donors (Lipinski definition) is 1. The van der Waals surface area contributed by atoms with Crippen molar-refractivity contribution in [2.24, 2.45) is 5.92 Å². The molecule has 1 saturated heterocycles. The van der Waals surface area contributed by atoms with E-state index in [4.69, 9.17) is 14.1 Å². The summed E-state index contributed by atoms with van der Waals surface area (Å²) >= 11 is 0. The number of nitrogens with zero attached hydrogens (tertiary/aromatic N) is 4. The zero-order valence-corrected chi connectivity index (χ0v) is 21.2. The molecule has 0 bridgehead atoms. The van der Waals surface area contributed by atoms with E-state index in [1.807, 2.05) is 45.4 Å². The van der Waals surface area contributed by atoms with Crippen LogP contribution in [0, 0.1) is 5.92 Å². The lowest BCUT2D eigenvalue weighted by molar-refractivity contribution is 0.0161. The van der Waals surface area contributed by atoms with Crippen LogP contribution >= 0.6 is 0 Å². The minimum absolute atomic E-state index is 0.0991. The van der Waals surface area contributed by atoms with Gasteiger partial charge < -0.3 is 19.4 Å². The van der Waals surface area contributed by atoms with E-state index in [1.165, 1.54) is 0 Å². The number of rotatable bonds is 6. The van der Waals surface area contributed by atoms with E-state index in [0.29, 0.717) is 53.6 Å². The monoisotopic (exact) mass is 481 g/mol. The first-order chi connectivity index (χ1) is 16.6. The average molecular weight is 482 g/mol. The van der Waals surface area contributed by atoms with Crippen LogP contribution in [0.4, 0.5) is 4.79 Å². The van der Waals surface area contributed by atoms with Gasteiger partial charge in [-0.05, 0) is 78.0 Å². The van der Waals surface area contributed by atoms with Crippen molar-refractivity contribution in [2.75, 3.05) is 19.6 Å². The second-order valence-electron chi connectivity index (χ2n) is 10.4. The SMILES string of the molecule is CC(C)n1ncc2c(C(=O)NCCC3CCCN(C(=O)OC(C)(C)C)C3)cc(-c3ccco3)nc21. The molecule has 1 aliphatic rings. The first-order valence-electron chi connectivity index (χ1n) is 12.3. The van der Waals surface area contributed by atoms with Crippen LogP contribution in [0.25, 0.3) is 22.5 Å². The van der Waals surface area contributed by atoms with Crippen LogP contribution in [0.3, 0.4) is 0 Å². The molecule has 0 spiro atoms. The molecule has 35 heavy (non-hydrogen) atoms. The Labute approximate surface area is 205 Å². The lowest BCUT2D eigenvalue weighted by Gasteiger charge is -2.34. The molecule has 4 heterocycles. The molecule has 1 fully saturated rings. The van der Waals surface area contributed by atoms with Gasteiger partial charge in [0.05, 0.1) is 23.4 Å². The number of piperidine rings is 1. The highest BCUT2D eigenvalue weighted by Crippen LogP contribution is 2.27. The Kier molecular flexibility index (Phi) is 7.14. The zero-order chi connectivity index (χ0) is 25.2. The Hall–Kier alpha value is -3.36. The van der Waals surface area contributed by atoms with Crippen LogP contribution in [0.5, 0.6) is 0 Å². The molecule has 2 amide bonds. The molecule has 1 aliphatic heterocycles. The fraction of sp³-hybridized carbons (Fsp3) is 0.538. The van der Waals surface area contributed by atoms with Crippen LogP contribution in [0.2, 0.25) is 0 Å². The molecule has 0 saturated carbocycles. The Morgan fingerprint density at radius 1 is 1.31 bits per heavy atom. The van der Waals surface area contributed by atoms with Crippen molar-refractivity contribution in [3.05, 3.63) is 36.2 Å². The molecule has 0 aliphatic carbocycles. The van der Waals surface area contributed by atoms with Gasteiger partial charge >= 0.3 is 6.09 Å². The summed E-state index contributed by atoms with van der Waals surface area (Å²) in [6.07, 6.45) is 5.77. The minimum atomic E-state index is -0.508. The summed E-state index contributed by atoms with van der Waals surface area (Å²) in [5.41, 5.74) is 1.26. The fourth-order valence-corrected chi connectivity index (χ4v) is 4.41. The third-order valence-corrected chi connectivity index (χ3v) is 6.08. The van der Waals surface area contributed by atoms with Gasteiger partial charge in [-0.25, -0.2) is 14.5 Å². The summed E-state index contributed by atoms with van der Waals surface area (Å²) in [6.45, 7) is 11.6. The van der Waals surface area contributed by atoms with Crippen molar-refractivity contribution >= 4 is 23.0 Å². The van der Waals surface area contributed by atoms with E-state index in [9.17, 15) is 9.59 Å². The predicted molar refractivity (Wildman–Crippen MR) is 133 cm³/mol. The second-order valence-corrected chi connectivity index (χ2v) is 10.4. The first-order valence-corrected chi connectivity index (χ1v) is 12.3. The molecule has 1 unspecified atom stereocenters. The number of furan rings is 1. The third-order valence-electron chi connectivity index (χ3n) is 6.08. The van der Waals surface area contributed by atoms with Gasteiger partial charge in [0.15, 0.2) is 11.4 Å². The molecule has 9 heteroatoms. The third kappa shape index (κ3) is 5.83. The number of nitrogens with one attached hydrogen (secondary N) is 1. The van der Waals surface area contributed by atoms with Gasteiger partial charge in [0, 0.05) is 25.7 Å². The Morgan fingerprint density at radius 2 is 2.11 bits per heavy atom. The first kappa shape index (κ1) is 24.8. The molecular formula is C26H35N5O4. The van der Waals surface area contributed by atoms with Crippen molar-refractivity contribution in [2.45, 2.75) is 65.5 Å². The molecule has 188 valence electrons. The summed E-state index contributed by atoms with van der Waals surface area (Å²) in [7, 11) is 0. The maximum atomic E-state index is 13.2. The number of hydrogen-bond acceptors (Lipinski definition) is 6. The molecular weight excluding hydrogens is 446 g/mol. The number of carbonyl (C=O) groups excluding carboxylic acids is 2. The van der Waals surface area contributed by atoms with Gasteiger partial charge in [0.1, 0.15) is 11.3 Å². The van der Waals surface area contributed by atoms with Crippen molar-refractivity contribution < 1.29 is 18.7 Å². The van der Waals surface area contributed by atoms with E-state index < -0.39 is 5.60 Å². The standard InChI is InChI=1S/C26H35N5O4/c1-17(2)31-23-20(15-28-31)19(14-21(29-23)22-9-7-13-34-22)24(32)27-11-10-18-8-6-12-30(16-18)25(33)35-26(3,4)5/h7,9,13-15,17-18H,6,8,10-12,16H2,1-5H3,(H,27,32). The van der Waals surface area contributed by atoms with Gasteiger partial charge in [-0.1, -0.05) is 0 Å². The number of carbonyl (C=O) groups is 2. The van der Waals surface area contributed by atoms with Gasteiger partial charge in [-0.2, -0.15) is 5.10 Å². The quantitative estimate of drug-likeness (QED) is 0.529. The highest BCUT2D eigenvalue weighted by Gasteiger charge is 2.27. The largest absolute Gasteiger partial charge is 0.463 e. The van der Waals surface area contributed by atoms with Crippen LogP contribution in [0.1, 0.15) is 70.3 Å². The van der Waals surface area contributed by atoms with E-state index in [0.717, 1.165) is 19.3 Å². The number of amides is 2. The molecule has 1 N–H and O–H groups in total. The van der Waals surface area contributed by atoms with Crippen LogP contribution in [0.15, 0.2) is 35.1 Å². The van der Waals surface area contributed by atoms with Crippen molar-refractivity contribution in [1.82, 2.24) is 25.0 Å². The summed E-state index contributed by atoms with van der Waals surface area (Å²) in [5.74, 6) is 0.742. The van der Waals surface area contributed by atoms with Gasteiger partial charge in [0.2, 0.25) is 0 Å². The average Bonchev–Trinajstić information content (AvgIpc) is 3.47. The predicted octanol–water partition coefficient (Wildman–Crippen LogP) is 5.04. The molecule has 1 atom stereocenters. The van der Waals surface area contributed by atoms with Crippen LogP contribution in [-0.4, -0.2) is 56.9 Å². The number of pyridine rings is 1. The van der Waals surface area contributed by atoms with Crippen LogP contribution < -0.4 is 5.32 Å². The fourth-order valence-electron chi connectivity index (χ4n) is 4.41. The highest BCUT2D eigenvalue weighted by atomic mass is 16.6. The number of ether oxygens (including phenoxy) is 1. The molecule has 3 aromatic rings. The maximum Gasteiger partial charge on any atom is 0.410 e. The molecule has 0 radical (unpaired) electrons. The van der Waals surface area contributed by atoms with E-state index in [-0.39, 0.29) is 18.0 Å². The van der Waals surface area contributed by atoms with Crippen molar-refractivity contribution in [3.63, 3.8) is 0 Å². The Balaban J connectivity index is 1.44. The highest BCUT2D eigenvalue weighted by molar-refractivity contribution is 6.06. The normalized spacial score (nSPS) is 16.6. The Bertz CT molecular complexity index is 1180. The van der Waals surface area contributed by atoms with Gasteiger partial charge in [-0.3, -0.25) is 4.79 Å². The van der Waals surface area contributed by atoms with Crippen LogP contribution in [-0.2, 0) is 4.74 Å². The van der Waals surface area contributed by atoms with E-state index >= 15 is 0 Å². The summed E-state index contributed by atoms with van der Waals surface area (Å²) in [5, 5.41) is 8.23.